The zero-order valence-corrected chi connectivity index (χ0v) is 12.2. The van der Waals surface area contributed by atoms with Crippen LogP contribution in [0.3, 0.4) is 0 Å². The number of halogens is 1. The Morgan fingerprint density at radius 1 is 1.44 bits per heavy atom. The molecule has 1 aliphatic rings. The lowest BCUT2D eigenvalue weighted by atomic mass is 10.0. The molecule has 1 atom stereocenters. The van der Waals surface area contributed by atoms with Gasteiger partial charge < -0.3 is 15.0 Å². The third-order valence-corrected chi connectivity index (χ3v) is 3.95. The van der Waals surface area contributed by atoms with E-state index in [2.05, 4.69) is 37.2 Å². The molecule has 0 aromatic heterocycles. The molecular formula is C14H21ClN2O. The van der Waals surface area contributed by atoms with Crippen LogP contribution in [0.25, 0.3) is 0 Å². The molecule has 0 aliphatic carbocycles. The normalized spacial score (nSPS) is 21.9. The van der Waals surface area contributed by atoms with Gasteiger partial charge in [-0.05, 0) is 38.5 Å². The van der Waals surface area contributed by atoms with Crippen LogP contribution in [-0.4, -0.2) is 32.3 Å². The van der Waals surface area contributed by atoms with Crippen molar-refractivity contribution >= 4 is 17.3 Å². The van der Waals surface area contributed by atoms with Crippen molar-refractivity contribution in [1.29, 1.82) is 0 Å². The number of hydrogen-bond acceptors (Lipinski definition) is 3. The van der Waals surface area contributed by atoms with Crippen LogP contribution in [0.4, 0.5) is 5.69 Å². The van der Waals surface area contributed by atoms with Gasteiger partial charge in [0.2, 0.25) is 0 Å². The van der Waals surface area contributed by atoms with Gasteiger partial charge in [-0.3, -0.25) is 0 Å². The number of ether oxygens (including phenoxy) is 1. The van der Waals surface area contributed by atoms with E-state index in [1.54, 1.807) is 7.11 Å². The maximum atomic E-state index is 6.17. The maximum Gasteiger partial charge on any atom is 0.137 e. The van der Waals surface area contributed by atoms with Crippen molar-refractivity contribution in [3.05, 3.63) is 23.2 Å². The fourth-order valence-corrected chi connectivity index (χ4v) is 2.74. The quantitative estimate of drug-likeness (QED) is 0.912. The fourth-order valence-electron chi connectivity index (χ4n) is 2.49. The van der Waals surface area contributed by atoms with Crippen molar-refractivity contribution in [2.24, 2.45) is 0 Å². The number of methoxy groups -OCH3 is 1. The Kier molecular flexibility index (Phi) is 3.74. The highest BCUT2D eigenvalue weighted by Crippen LogP contribution is 2.31. The van der Waals surface area contributed by atoms with Gasteiger partial charge in [-0.15, -0.1) is 0 Å². The number of nitrogens with zero attached hydrogens (tertiary/aromatic N) is 1. The topological polar surface area (TPSA) is 24.5 Å². The van der Waals surface area contributed by atoms with E-state index < -0.39 is 0 Å². The lowest BCUT2D eigenvalue weighted by molar-refractivity contribution is 0.415. The minimum Gasteiger partial charge on any atom is -0.495 e. The first-order valence-corrected chi connectivity index (χ1v) is 6.62. The van der Waals surface area contributed by atoms with Crippen molar-refractivity contribution < 1.29 is 4.74 Å². The molecule has 0 amide bonds. The summed E-state index contributed by atoms with van der Waals surface area (Å²) in [5, 5.41) is 4.19. The number of rotatable bonds is 3. The summed E-state index contributed by atoms with van der Waals surface area (Å²) in [7, 11) is 3.75. The van der Waals surface area contributed by atoms with Crippen LogP contribution in [0.2, 0.25) is 5.02 Å². The minimum atomic E-state index is 0.217. The SMILES string of the molecule is COc1ccc(N(C)C2CNC(C)(C)C2)cc1Cl. The summed E-state index contributed by atoms with van der Waals surface area (Å²) >= 11 is 6.17. The predicted octanol–water partition coefficient (Wildman–Crippen LogP) is 2.93. The van der Waals surface area contributed by atoms with Gasteiger partial charge >= 0.3 is 0 Å². The molecule has 0 spiro atoms. The number of nitrogens with one attached hydrogen (secondary N) is 1. The highest BCUT2D eigenvalue weighted by atomic mass is 35.5. The first-order chi connectivity index (χ1) is 8.43. The molecule has 18 heavy (non-hydrogen) atoms. The van der Waals surface area contributed by atoms with E-state index in [4.69, 9.17) is 16.3 Å². The predicted molar refractivity (Wildman–Crippen MR) is 76.9 cm³/mol. The van der Waals surface area contributed by atoms with Gasteiger partial charge in [-0.1, -0.05) is 11.6 Å². The number of benzene rings is 1. The van der Waals surface area contributed by atoms with Gasteiger partial charge in [0.25, 0.3) is 0 Å². The molecule has 0 bridgehead atoms. The molecule has 1 heterocycles. The average Bonchev–Trinajstić information content (AvgIpc) is 2.68. The van der Waals surface area contributed by atoms with Gasteiger partial charge in [0.05, 0.1) is 12.1 Å². The van der Waals surface area contributed by atoms with Crippen molar-refractivity contribution in [3.8, 4) is 5.75 Å². The highest BCUT2D eigenvalue weighted by Gasteiger charge is 2.32. The molecule has 2 rings (SSSR count). The molecule has 4 heteroatoms. The molecule has 1 N–H and O–H groups in total. The number of anilines is 1. The second-order valence-electron chi connectivity index (χ2n) is 5.55. The second-order valence-corrected chi connectivity index (χ2v) is 5.96. The van der Waals surface area contributed by atoms with Gasteiger partial charge in [-0.25, -0.2) is 0 Å². The van der Waals surface area contributed by atoms with E-state index in [9.17, 15) is 0 Å². The molecule has 1 saturated heterocycles. The van der Waals surface area contributed by atoms with E-state index in [1.807, 2.05) is 12.1 Å². The van der Waals surface area contributed by atoms with Crippen LogP contribution in [-0.2, 0) is 0 Å². The van der Waals surface area contributed by atoms with Crippen LogP contribution in [0.1, 0.15) is 20.3 Å². The van der Waals surface area contributed by atoms with Crippen LogP contribution in [0, 0.1) is 0 Å². The van der Waals surface area contributed by atoms with E-state index >= 15 is 0 Å². The van der Waals surface area contributed by atoms with Crippen LogP contribution in [0.15, 0.2) is 18.2 Å². The van der Waals surface area contributed by atoms with Crippen LogP contribution < -0.4 is 15.0 Å². The minimum absolute atomic E-state index is 0.217. The largest absolute Gasteiger partial charge is 0.495 e. The third kappa shape index (κ3) is 2.73. The Morgan fingerprint density at radius 2 is 2.17 bits per heavy atom. The van der Waals surface area contributed by atoms with E-state index in [-0.39, 0.29) is 5.54 Å². The zero-order chi connectivity index (χ0) is 13.3. The Labute approximate surface area is 114 Å². The molecule has 1 fully saturated rings. The lowest BCUT2D eigenvalue weighted by Crippen LogP contribution is -2.33. The van der Waals surface area contributed by atoms with E-state index in [1.165, 1.54) is 0 Å². The summed E-state index contributed by atoms with van der Waals surface area (Å²) in [6, 6.07) is 6.44. The Hall–Kier alpha value is -0.930. The van der Waals surface area contributed by atoms with Crippen molar-refractivity contribution in [1.82, 2.24) is 5.32 Å². The Morgan fingerprint density at radius 3 is 2.67 bits per heavy atom. The molecule has 100 valence electrons. The molecular weight excluding hydrogens is 248 g/mol. The fraction of sp³-hybridized carbons (Fsp3) is 0.571. The molecule has 1 aromatic carbocycles. The molecule has 0 radical (unpaired) electrons. The summed E-state index contributed by atoms with van der Waals surface area (Å²) < 4.78 is 5.18. The summed E-state index contributed by atoms with van der Waals surface area (Å²) in [6.45, 7) is 5.48. The zero-order valence-electron chi connectivity index (χ0n) is 11.5. The van der Waals surface area contributed by atoms with Gasteiger partial charge in [0.1, 0.15) is 5.75 Å². The maximum absolute atomic E-state index is 6.17. The second kappa shape index (κ2) is 4.98. The highest BCUT2D eigenvalue weighted by molar-refractivity contribution is 6.32. The van der Waals surface area contributed by atoms with Crippen molar-refractivity contribution in [2.75, 3.05) is 25.6 Å². The molecule has 1 aromatic rings. The smallest absolute Gasteiger partial charge is 0.137 e. The van der Waals surface area contributed by atoms with Crippen LogP contribution >= 0.6 is 11.6 Å². The molecule has 3 nitrogen and oxygen atoms in total. The summed E-state index contributed by atoms with van der Waals surface area (Å²) in [5.41, 5.74) is 1.35. The summed E-state index contributed by atoms with van der Waals surface area (Å²) in [5.74, 6) is 0.721. The lowest BCUT2D eigenvalue weighted by Gasteiger charge is -2.27. The monoisotopic (exact) mass is 268 g/mol. The Balaban J connectivity index is 2.14. The Bertz CT molecular complexity index is 434. The van der Waals surface area contributed by atoms with Gasteiger partial charge in [-0.2, -0.15) is 0 Å². The van der Waals surface area contributed by atoms with E-state index in [0.29, 0.717) is 11.1 Å². The molecule has 0 saturated carbocycles. The van der Waals surface area contributed by atoms with Crippen molar-refractivity contribution in [3.63, 3.8) is 0 Å². The van der Waals surface area contributed by atoms with Crippen LogP contribution in [0.5, 0.6) is 5.75 Å². The van der Waals surface area contributed by atoms with Crippen molar-refractivity contribution in [2.45, 2.75) is 31.8 Å². The first kappa shape index (κ1) is 13.5. The average molecular weight is 269 g/mol. The molecule has 1 unspecified atom stereocenters. The standard InChI is InChI=1S/C14H21ClN2O/c1-14(2)8-11(9-16-14)17(3)10-5-6-13(18-4)12(15)7-10/h5-7,11,16H,8-9H2,1-4H3. The summed E-state index contributed by atoms with van der Waals surface area (Å²) in [6.07, 6.45) is 1.13. The number of hydrogen-bond donors (Lipinski definition) is 1. The summed E-state index contributed by atoms with van der Waals surface area (Å²) in [4.78, 5) is 2.28. The molecule has 1 aliphatic heterocycles. The third-order valence-electron chi connectivity index (χ3n) is 3.65. The van der Waals surface area contributed by atoms with E-state index in [0.717, 1.165) is 24.4 Å². The number of likely N-dealkylation sites (N-methyl/N-ethyl adjacent to an activating group) is 1. The van der Waals surface area contributed by atoms with Gasteiger partial charge in [0, 0.05) is 30.9 Å². The van der Waals surface area contributed by atoms with Gasteiger partial charge in [0.15, 0.2) is 0 Å². The first-order valence-electron chi connectivity index (χ1n) is 6.24.